The van der Waals surface area contributed by atoms with Crippen LogP contribution in [0.4, 0.5) is 0 Å². The molecule has 0 aliphatic heterocycles. The number of nitrogens with zero attached hydrogens (tertiary/aromatic N) is 2. The van der Waals surface area contributed by atoms with E-state index in [-0.39, 0.29) is 0 Å². The average Bonchev–Trinajstić information content (AvgIpc) is 3.46. The van der Waals surface area contributed by atoms with Gasteiger partial charge >= 0.3 is 0 Å². The average molecular weight is 599 g/mol. The molecule has 0 saturated heterocycles. The van der Waals surface area contributed by atoms with Gasteiger partial charge in [-0.3, -0.25) is 0 Å². The molecule has 220 valence electrons. The van der Waals surface area contributed by atoms with Gasteiger partial charge in [-0.15, -0.1) is 0 Å². The second-order valence-electron chi connectivity index (χ2n) is 12.2. The summed E-state index contributed by atoms with van der Waals surface area (Å²) in [6.45, 7) is 0. The van der Waals surface area contributed by atoms with Crippen LogP contribution in [0.15, 0.2) is 182 Å². The zero-order chi connectivity index (χ0) is 31.2. The van der Waals surface area contributed by atoms with Crippen LogP contribution in [0.1, 0.15) is 22.3 Å². The summed E-state index contributed by atoms with van der Waals surface area (Å²) < 4.78 is 0. The number of fused-ring (bicyclic) bond motifs is 4. The zero-order valence-electron chi connectivity index (χ0n) is 25.7. The lowest BCUT2D eigenvalue weighted by Gasteiger charge is -2.34. The number of benzene rings is 7. The lowest BCUT2D eigenvalue weighted by atomic mass is 9.67. The highest BCUT2D eigenvalue weighted by Crippen LogP contribution is 2.57. The minimum absolute atomic E-state index is 0.585. The molecule has 0 radical (unpaired) electrons. The summed E-state index contributed by atoms with van der Waals surface area (Å²) in [4.78, 5) is 10.5. The fourth-order valence-corrected chi connectivity index (χ4v) is 7.47. The first-order valence-corrected chi connectivity index (χ1v) is 16.1. The van der Waals surface area contributed by atoms with Gasteiger partial charge in [-0.2, -0.15) is 0 Å². The first kappa shape index (κ1) is 27.2. The van der Waals surface area contributed by atoms with Crippen LogP contribution >= 0.6 is 0 Å². The third-order valence-corrected chi connectivity index (χ3v) is 9.63. The van der Waals surface area contributed by atoms with Gasteiger partial charge in [-0.1, -0.05) is 170 Å². The van der Waals surface area contributed by atoms with Crippen LogP contribution in [0.25, 0.3) is 55.7 Å². The van der Waals surface area contributed by atoms with Gasteiger partial charge in [-0.25, -0.2) is 9.97 Å². The van der Waals surface area contributed by atoms with E-state index in [0.717, 1.165) is 22.4 Å². The van der Waals surface area contributed by atoms with E-state index in [2.05, 4.69) is 182 Å². The van der Waals surface area contributed by atoms with Crippen LogP contribution in [0, 0.1) is 0 Å². The number of hydrogen-bond acceptors (Lipinski definition) is 2. The summed E-state index contributed by atoms with van der Waals surface area (Å²) in [7, 11) is 0. The lowest BCUT2D eigenvalue weighted by molar-refractivity contribution is 0.759. The molecular weight excluding hydrogens is 569 g/mol. The molecule has 1 aliphatic carbocycles. The van der Waals surface area contributed by atoms with Crippen LogP contribution < -0.4 is 0 Å². The molecule has 0 saturated carbocycles. The standard InChI is InChI=1S/C45H30N2/c1-3-14-33(15-4-1)43-42(45(37-17-5-2-6-18-37)40-21-11-9-19-38(40)39-20-10-12-22-41(39)45)30-46-44(47-43)34-26-23-32(24-27-34)36-28-25-31-13-7-8-16-35(31)29-36/h1-30H. The third kappa shape index (κ3) is 4.34. The molecule has 0 unspecified atom stereocenters. The molecule has 1 heterocycles. The van der Waals surface area contributed by atoms with Crippen LogP contribution in [-0.4, -0.2) is 9.97 Å². The molecule has 0 fully saturated rings. The van der Waals surface area contributed by atoms with Crippen molar-refractivity contribution in [1.29, 1.82) is 0 Å². The van der Waals surface area contributed by atoms with Crippen molar-refractivity contribution in [3.8, 4) is 44.9 Å². The fraction of sp³-hybridized carbons (Fsp3) is 0.0222. The monoisotopic (exact) mass is 598 g/mol. The minimum atomic E-state index is -0.585. The molecule has 2 nitrogen and oxygen atoms in total. The molecule has 47 heavy (non-hydrogen) atoms. The Hall–Kier alpha value is -6.12. The van der Waals surface area contributed by atoms with Crippen molar-refractivity contribution in [1.82, 2.24) is 9.97 Å². The van der Waals surface area contributed by atoms with Crippen molar-refractivity contribution in [2.24, 2.45) is 0 Å². The fourth-order valence-electron chi connectivity index (χ4n) is 7.47. The molecule has 0 amide bonds. The van der Waals surface area contributed by atoms with Gasteiger partial charge in [0, 0.05) is 22.9 Å². The molecule has 2 heteroatoms. The van der Waals surface area contributed by atoms with Gasteiger partial charge in [0.2, 0.25) is 0 Å². The van der Waals surface area contributed by atoms with E-state index in [1.807, 2.05) is 0 Å². The molecule has 0 atom stereocenters. The highest BCUT2D eigenvalue weighted by atomic mass is 14.9. The van der Waals surface area contributed by atoms with Crippen LogP contribution in [0.2, 0.25) is 0 Å². The Morgan fingerprint density at radius 3 is 1.64 bits per heavy atom. The van der Waals surface area contributed by atoms with Gasteiger partial charge < -0.3 is 0 Å². The molecule has 0 N–H and O–H groups in total. The minimum Gasteiger partial charge on any atom is -0.236 e. The summed E-state index contributed by atoms with van der Waals surface area (Å²) in [5, 5.41) is 2.48. The van der Waals surface area contributed by atoms with Gasteiger partial charge in [0.05, 0.1) is 11.1 Å². The summed E-state index contributed by atoms with van der Waals surface area (Å²) in [6, 6.07) is 62.7. The van der Waals surface area contributed by atoms with E-state index in [1.165, 1.54) is 49.7 Å². The first-order chi connectivity index (χ1) is 23.3. The van der Waals surface area contributed by atoms with Gasteiger partial charge in [-0.05, 0) is 55.8 Å². The second kappa shape index (κ2) is 11.0. The van der Waals surface area contributed by atoms with Crippen molar-refractivity contribution in [2.75, 3.05) is 0 Å². The smallest absolute Gasteiger partial charge is 0.159 e. The summed E-state index contributed by atoms with van der Waals surface area (Å²) in [5.41, 5.74) is 12.0. The summed E-state index contributed by atoms with van der Waals surface area (Å²) >= 11 is 0. The Labute approximate surface area is 274 Å². The normalized spacial score (nSPS) is 12.9. The molecule has 1 aromatic heterocycles. The Kier molecular flexibility index (Phi) is 6.39. The van der Waals surface area contributed by atoms with Crippen molar-refractivity contribution >= 4 is 10.8 Å². The quantitative estimate of drug-likeness (QED) is 0.197. The van der Waals surface area contributed by atoms with Crippen LogP contribution in [0.3, 0.4) is 0 Å². The zero-order valence-corrected chi connectivity index (χ0v) is 25.7. The maximum Gasteiger partial charge on any atom is 0.159 e. The molecule has 1 aliphatic rings. The highest BCUT2D eigenvalue weighted by molar-refractivity contribution is 5.89. The molecule has 0 spiro atoms. The van der Waals surface area contributed by atoms with E-state index in [1.54, 1.807) is 0 Å². The lowest BCUT2D eigenvalue weighted by Crippen LogP contribution is -2.30. The topological polar surface area (TPSA) is 25.8 Å². The molecule has 8 aromatic rings. The highest BCUT2D eigenvalue weighted by Gasteiger charge is 2.47. The van der Waals surface area contributed by atoms with E-state index in [0.29, 0.717) is 5.82 Å². The van der Waals surface area contributed by atoms with Gasteiger partial charge in [0.15, 0.2) is 5.82 Å². The molecule has 9 rings (SSSR count). The maximum atomic E-state index is 5.41. The van der Waals surface area contributed by atoms with Crippen LogP contribution in [-0.2, 0) is 5.41 Å². The van der Waals surface area contributed by atoms with Gasteiger partial charge in [0.25, 0.3) is 0 Å². The number of rotatable bonds is 5. The Morgan fingerprint density at radius 2 is 0.936 bits per heavy atom. The third-order valence-electron chi connectivity index (χ3n) is 9.63. The SMILES string of the molecule is c1ccc(-c2nc(-c3ccc(-c4ccc5ccccc5c4)cc3)ncc2C2(c3ccccc3)c3ccccc3-c3ccccc32)cc1. The molecule has 0 bridgehead atoms. The Balaban J connectivity index is 1.25. The van der Waals surface area contributed by atoms with Crippen molar-refractivity contribution < 1.29 is 0 Å². The van der Waals surface area contributed by atoms with E-state index < -0.39 is 5.41 Å². The Bertz CT molecular complexity index is 2350. The summed E-state index contributed by atoms with van der Waals surface area (Å²) in [6.07, 6.45) is 2.08. The van der Waals surface area contributed by atoms with Crippen molar-refractivity contribution in [2.45, 2.75) is 5.41 Å². The number of aromatic nitrogens is 2. The van der Waals surface area contributed by atoms with Crippen LogP contribution in [0.5, 0.6) is 0 Å². The predicted octanol–water partition coefficient (Wildman–Crippen LogP) is 11.0. The van der Waals surface area contributed by atoms with Crippen molar-refractivity contribution in [3.05, 3.63) is 204 Å². The second-order valence-corrected chi connectivity index (χ2v) is 12.2. The maximum absolute atomic E-state index is 5.41. The number of hydrogen-bond donors (Lipinski definition) is 0. The van der Waals surface area contributed by atoms with E-state index in [4.69, 9.17) is 9.97 Å². The van der Waals surface area contributed by atoms with Crippen molar-refractivity contribution in [3.63, 3.8) is 0 Å². The van der Waals surface area contributed by atoms with Gasteiger partial charge in [0.1, 0.15) is 0 Å². The molecular formula is C45H30N2. The van der Waals surface area contributed by atoms with E-state index in [9.17, 15) is 0 Å². The predicted molar refractivity (Wildman–Crippen MR) is 193 cm³/mol. The van der Waals surface area contributed by atoms with E-state index >= 15 is 0 Å². The Morgan fingerprint density at radius 1 is 0.383 bits per heavy atom. The molecule has 7 aromatic carbocycles. The first-order valence-electron chi connectivity index (χ1n) is 16.1. The largest absolute Gasteiger partial charge is 0.236 e. The summed E-state index contributed by atoms with van der Waals surface area (Å²) in [5.74, 6) is 0.709.